The van der Waals surface area contributed by atoms with Gasteiger partial charge in [-0.05, 0) is 148 Å². The first-order chi connectivity index (χ1) is 41.0. The lowest BCUT2D eigenvalue weighted by Gasteiger charge is -2.18. The Balaban J connectivity index is 4.42. The Morgan fingerprint density at radius 2 is 0.470 bits per heavy atom. The van der Waals surface area contributed by atoms with Crippen molar-refractivity contribution in [2.24, 2.45) is 0 Å². The van der Waals surface area contributed by atoms with E-state index in [1.54, 1.807) is 0 Å². The van der Waals surface area contributed by atoms with E-state index in [1.165, 1.54) is 44.9 Å². The summed E-state index contributed by atoms with van der Waals surface area (Å²) in [6.45, 7) is 6.31. The van der Waals surface area contributed by atoms with Crippen LogP contribution in [0.5, 0.6) is 0 Å². The average Bonchev–Trinajstić information content (AvgIpc) is 3.49. The van der Waals surface area contributed by atoms with Gasteiger partial charge in [0.05, 0.1) is 0 Å². The van der Waals surface area contributed by atoms with Gasteiger partial charge in [0, 0.05) is 19.3 Å². The number of carbonyl (C=O) groups excluding carboxylic acids is 3. The van der Waals surface area contributed by atoms with Gasteiger partial charge in [-0.25, -0.2) is 0 Å². The normalized spacial score (nSPS) is 13.2. The Morgan fingerprint density at radius 3 is 0.735 bits per heavy atom. The zero-order valence-electron chi connectivity index (χ0n) is 53.4. The zero-order valence-corrected chi connectivity index (χ0v) is 53.4. The highest BCUT2D eigenvalue weighted by atomic mass is 16.6. The largest absolute Gasteiger partial charge is 0.462 e. The van der Waals surface area contributed by atoms with Crippen LogP contribution in [0.15, 0.2) is 170 Å². The van der Waals surface area contributed by atoms with Gasteiger partial charge in [0.15, 0.2) is 6.10 Å². The zero-order chi connectivity index (χ0) is 59.9. The van der Waals surface area contributed by atoms with Crippen molar-refractivity contribution in [3.05, 3.63) is 170 Å². The molecule has 0 spiro atoms. The van der Waals surface area contributed by atoms with Gasteiger partial charge in [-0.3, -0.25) is 14.4 Å². The van der Waals surface area contributed by atoms with E-state index in [0.717, 1.165) is 193 Å². The first kappa shape index (κ1) is 77.8. The molecule has 0 aromatic heterocycles. The lowest BCUT2D eigenvalue weighted by Crippen LogP contribution is -2.30. The number of hydrogen-bond donors (Lipinski definition) is 0. The number of carbonyl (C=O) groups is 3. The first-order valence-corrected chi connectivity index (χ1v) is 33.6. The van der Waals surface area contributed by atoms with Crippen molar-refractivity contribution in [1.82, 2.24) is 0 Å². The molecule has 0 bridgehead atoms. The quantitative estimate of drug-likeness (QED) is 0.0261. The molecule has 83 heavy (non-hydrogen) atoms. The van der Waals surface area contributed by atoms with Gasteiger partial charge in [-0.2, -0.15) is 0 Å². The van der Waals surface area contributed by atoms with Gasteiger partial charge >= 0.3 is 17.9 Å². The van der Waals surface area contributed by atoms with E-state index in [4.69, 9.17) is 14.2 Å². The SMILES string of the molecule is CC/C=C\C/C=C\C/C=C\C/C=C\C/C=C\C/C=C\C/C=C\CCCCCCCC(=O)OCC(COC(=O)CCCCCCC/C=C\C/C=C\CCC)OC(=O)CCCCCCCCCCC/C=C\C/C=C\C/C=C\C/C=C\C/C=C\CC. The van der Waals surface area contributed by atoms with Crippen LogP contribution in [0.4, 0.5) is 0 Å². The van der Waals surface area contributed by atoms with Gasteiger partial charge in [0.25, 0.3) is 0 Å². The summed E-state index contributed by atoms with van der Waals surface area (Å²) in [5, 5.41) is 0. The summed E-state index contributed by atoms with van der Waals surface area (Å²) < 4.78 is 16.9. The standard InChI is InChI=1S/C77H122O6/c1-4-7-10-13-16-19-22-25-27-29-31-33-35-37-38-40-41-43-45-47-49-52-55-58-61-64-67-70-76(79)82-73-74(72-81-75(78)69-66-63-60-57-54-51-24-21-18-15-12-9-6-3)83-77(80)71-68-65-62-59-56-53-50-48-46-44-42-39-36-34-32-30-28-26-23-20-17-14-11-8-5-2/h7-8,10-12,15-17,19-21,24-28,31-34,37-39,41-43,47,49,74H,4-6,9,13-14,18,22-23,29-30,35-36,40,44-46,48,50-73H2,1-3H3/b10-7-,11-8-,15-12-,19-16-,20-17-,24-21-,27-25-,28-26-,33-31-,34-32-,38-37-,42-39-,43-41-,49-47-. The Labute approximate surface area is 511 Å². The Kier molecular flexibility index (Phi) is 64.9. The Bertz CT molecular complexity index is 1890. The third-order valence-electron chi connectivity index (χ3n) is 13.7. The molecular formula is C77H122O6. The molecule has 0 aliphatic rings. The highest BCUT2D eigenvalue weighted by Crippen LogP contribution is 2.15. The van der Waals surface area contributed by atoms with E-state index < -0.39 is 6.10 Å². The minimum absolute atomic E-state index is 0.101. The van der Waals surface area contributed by atoms with Crippen molar-refractivity contribution in [1.29, 1.82) is 0 Å². The van der Waals surface area contributed by atoms with Crippen LogP contribution in [0, 0.1) is 0 Å². The molecule has 6 nitrogen and oxygen atoms in total. The average molecular weight is 1140 g/mol. The molecule has 0 radical (unpaired) electrons. The maximum Gasteiger partial charge on any atom is 0.306 e. The van der Waals surface area contributed by atoms with Gasteiger partial charge in [0.2, 0.25) is 0 Å². The van der Waals surface area contributed by atoms with E-state index in [1.807, 2.05) is 0 Å². The van der Waals surface area contributed by atoms with E-state index >= 15 is 0 Å². The van der Waals surface area contributed by atoms with Crippen LogP contribution in [0.1, 0.15) is 278 Å². The Morgan fingerprint density at radius 1 is 0.253 bits per heavy atom. The van der Waals surface area contributed by atoms with Crippen LogP contribution in [-0.2, 0) is 28.6 Å². The monoisotopic (exact) mass is 1140 g/mol. The van der Waals surface area contributed by atoms with Crippen LogP contribution < -0.4 is 0 Å². The van der Waals surface area contributed by atoms with Crippen molar-refractivity contribution in [3.8, 4) is 0 Å². The Hall–Kier alpha value is -5.23. The van der Waals surface area contributed by atoms with Crippen LogP contribution in [0.25, 0.3) is 0 Å². The lowest BCUT2D eigenvalue weighted by molar-refractivity contribution is -0.167. The fourth-order valence-electron chi connectivity index (χ4n) is 8.72. The summed E-state index contributed by atoms with van der Waals surface area (Å²) in [6, 6.07) is 0. The van der Waals surface area contributed by atoms with Crippen molar-refractivity contribution in [2.75, 3.05) is 13.2 Å². The topological polar surface area (TPSA) is 78.9 Å². The van der Waals surface area contributed by atoms with Crippen LogP contribution >= 0.6 is 0 Å². The molecule has 0 fully saturated rings. The number of allylic oxidation sites excluding steroid dienone is 28. The molecule has 0 aliphatic heterocycles. The van der Waals surface area contributed by atoms with E-state index in [2.05, 4.69) is 191 Å². The molecule has 0 aliphatic carbocycles. The molecule has 0 amide bonds. The van der Waals surface area contributed by atoms with Crippen LogP contribution in [0.3, 0.4) is 0 Å². The summed E-state index contributed by atoms with van der Waals surface area (Å²) in [5.41, 5.74) is 0. The van der Waals surface area contributed by atoms with E-state index in [-0.39, 0.29) is 31.1 Å². The summed E-state index contributed by atoms with van der Waals surface area (Å²) in [5.74, 6) is -0.942. The molecule has 0 saturated carbocycles. The van der Waals surface area contributed by atoms with Gasteiger partial charge in [0.1, 0.15) is 13.2 Å². The highest BCUT2D eigenvalue weighted by molar-refractivity contribution is 5.71. The maximum atomic E-state index is 12.9. The number of ether oxygens (including phenoxy) is 3. The van der Waals surface area contributed by atoms with Crippen molar-refractivity contribution in [3.63, 3.8) is 0 Å². The highest BCUT2D eigenvalue weighted by Gasteiger charge is 2.19. The fraction of sp³-hybridized carbons (Fsp3) is 0.597. The molecule has 0 aromatic carbocycles. The van der Waals surface area contributed by atoms with Crippen LogP contribution in [0.2, 0.25) is 0 Å². The van der Waals surface area contributed by atoms with Crippen molar-refractivity contribution < 1.29 is 28.6 Å². The van der Waals surface area contributed by atoms with Gasteiger partial charge < -0.3 is 14.2 Å². The summed E-state index contributed by atoms with van der Waals surface area (Å²) in [6.07, 6.45) is 102. The fourth-order valence-corrected chi connectivity index (χ4v) is 8.72. The predicted octanol–water partition coefficient (Wildman–Crippen LogP) is 23.4. The number of unbranched alkanes of at least 4 members (excludes halogenated alkanes) is 20. The molecule has 0 rings (SSSR count). The second-order valence-electron chi connectivity index (χ2n) is 21.6. The molecule has 0 N–H and O–H groups in total. The molecule has 6 heteroatoms. The molecule has 1 unspecified atom stereocenters. The lowest BCUT2D eigenvalue weighted by atomic mass is 10.1. The molecule has 0 aromatic rings. The smallest absolute Gasteiger partial charge is 0.306 e. The third-order valence-corrected chi connectivity index (χ3v) is 13.7. The predicted molar refractivity (Wildman–Crippen MR) is 361 cm³/mol. The van der Waals surface area contributed by atoms with Gasteiger partial charge in [-0.15, -0.1) is 0 Å². The second-order valence-corrected chi connectivity index (χ2v) is 21.6. The summed E-state index contributed by atoms with van der Waals surface area (Å²) >= 11 is 0. The molecule has 0 heterocycles. The number of esters is 3. The minimum Gasteiger partial charge on any atom is -0.462 e. The van der Waals surface area contributed by atoms with Crippen molar-refractivity contribution in [2.45, 2.75) is 284 Å². The van der Waals surface area contributed by atoms with Crippen molar-refractivity contribution >= 4 is 17.9 Å². The minimum atomic E-state index is -0.806. The van der Waals surface area contributed by atoms with E-state index in [0.29, 0.717) is 19.3 Å². The second kappa shape index (κ2) is 69.3. The molecule has 466 valence electrons. The maximum absolute atomic E-state index is 12.9. The molecular weight excluding hydrogens is 1020 g/mol. The molecule has 0 saturated heterocycles. The first-order valence-electron chi connectivity index (χ1n) is 33.6. The van der Waals surface area contributed by atoms with Gasteiger partial charge in [-0.1, -0.05) is 281 Å². The van der Waals surface area contributed by atoms with E-state index in [9.17, 15) is 14.4 Å². The van der Waals surface area contributed by atoms with Crippen LogP contribution in [-0.4, -0.2) is 37.2 Å². The summed E-state index contributed by atoms with van der Waals surface area (Å²) in [4.78, 5) is 38.4. The summed E-state index contributed by atoms with van der Waals surface area (Å²) in [7, 11) is 0. The number of rotatable bonds is 59. The molecule has 1 atom stereocenters. The number of hydrogen-bond acceptors (Lipinski definition) is 6. The third kappa shape index (κ3) is 67.4.